The molecule has 1 saturated heterocycles. The van der Waals surface area contributed by atoms with Crippen LogP contribution in [-0.4, -0.2) is 32.2 Å². The van der Waals surface area contributed by atoms with Gasteiger partial charge in [0.05, 0.1) is 12.6 Å². The molecule has 2 aromatic heterocycles. The summed E-state index contributed by atoms with van der Waals surface area (Å²) in [5.74, 6) is 0.681. The van der Waals surface area contributed by atoms with Crippen LogP contribution in [0.1, 0.15) is 18.4 Å². The molecule has 0 radical (unpaired) electrons. The van der Waals surface area contributed by atoms with Gasteiger partial charge >= 0.3 is 0 Å². The molecule has 1 atom stereocenters. The minimum Gasteiger partial charge on any atom is -0.376 e. The molecule has 1 aromatic carbocycles. The van der Waals surface area contributed by atoms with Crippen molar-refractivity contribution in [3.63, 3.8) is 0 Å². The summed E-state index contributed by atoms with van der Waals surface area (Å²) in [5, 5.41) is 1.33. The zero-order valence-corrected chi connectivity index (χ0v) is 15.5. The van der Waals surface area contributed by atoms with Gasteiger partial charge in [-0.1, -0.05) is 35.5 Å². The Labute approximate surface area is 159 Å². The number of rotatable bonds is 5. The van der Waals surface area contributed by atoms with E-state index >= 15 is 0 Å². The molecule has 8 heteroatoms. The van der Waals surface area contributed by atoms with Crippen LogP contribution in [0.25, 0.3) is 11.2 Å². The number of hydrogen-bond acceptors (Lipinski definition) is 6. The standard InChI is InChI=1S/C18H17ClN4O2S/c19-13-5-3-12(4-6-13)11-26-18-22-16-15(20-7-8-21-16)17(24)23(18)10-14-2-1-9-25-14/h3-8,14H,1-2,9-11H2/t14-/m1/s1. The van der Waals surface area contributed by atoms with Gasteiger partial charge in [-0.25, -0.2) is 15.0 Å². The Bertz CT molecular complexity index is 971. The van der Waals surface area contributed by atoms with E-state index < -0.39 is 0 Å². The topological polar surface area (TPSA) is 69.9 Å². The van der Waals surface area contributed by atoms with Crippen molar-refractivity contribution in [1.29, 1.82) is 0 Å². The summed E-state index contributed by atoms with van der Waals surface area (Å²) >= 11 is 7.45. The molecule has 4 rings (SSSR count). The minimum absolute atomic E-state index is 0.0403. The van der Waals surface area contributed by atoms with Crippen LogP contribution >= 0.6 is 23.4 Å². The van der Waals surface area contributed by atoms with Gasteiger partial charge in [0, 0.05) is 29.8 Å². The summed E-state index contributed by atoms with van der Waals surface area (Å²) in [5.41, 5.74) is 1.61. The second-order valence-electron chi connectivity index (χ2n) is 6.09. The monoisotopic (exact) mass is 388 g/mol. The molecule has 0 N–H and O–H groups in total. The molecule has 3 aromatic rings. The molecule has 0 aliphatic carbocycles. The zero-order chi connectivity index (χ0) is 17.9. The second-order valence-corrected chi connectivity index (χ2v) is 7.47. The molecule has 1 aliphatic rings. The number of fused-ring (bicyclic) bond motifs is 1. The fraction of sp³-hybridized carbons (Fsp3) is 0.333. The molecular weight excluding hydrogens is 372 g/mol. The summed E-state index contributed by atoms with van der Waals surface area (Å²) in [6.07, 6.45) is 5.08. The van der Waals surface area contributed by atoms with Gasteiger partial charge in [0.15, 0.2) is 16.3 Å². The van der Waals surface area contributed by atoms with Crippen LogP contribution in [0.4, 0.5) is 0 Å². The van der Waals surface area contributed by atoms with Gasteiger partial charge in [-0.3, -0.25) is 9.36 Å². The van der Waals surface area contributed by atoms with E-state index in [9.17, 15) is 4.79 Å². The average molecular weight is 389 g/mol. The van der Waals surface area contributed by atoms with Crippen molar-refractivity contribution in [2.75, 3.05) is 6.61 Å². The van der Waals surface area contributed by atoms with Gasteiger partial charge in [-0.05, 0) is 30.5 Å². The second kappa shape index (κ2) is 7.73. The molecule has 134 valence electrons. The Balaban J connectivity index is 1.68. The van der Waals surface area contributed by atoms with Gasteiger partial charge in [-0.15, -0.1) is 0 Å². The lowest BCUT2D eigenvalue weighted by molar-refractivity contribution is 0.0937. The van der Waals surface area contributed by atoms with Crippen molar-refractivity contribution in [2.45, 2.75) is 36.4 Å². The van der Waals surface area contributed by atoms with Crippen molar-refractivity contribution >= 4 is 34.5 Å². The lowest BCUT2D eigenvalue weighted by Crippen LogP contribution is -2.29. The van der Waals surface area contributed by atoms with Crippen LogP contribution < -0.4 is 5.56 Å². The number of halogens is 1. The average Bonchev–Trinajstić information content (AvgIpc) is 3.17. The molecular formula is C18H17ClN4O2S. The Morgan fingerprint density at radius 3 is 2.81 bits per heavy atom. The number of aromatic nitrogens is 4. The van der Waals surface area contributed by atoms with E-state index in [1.54, 1.807) is 10.8 Å². The van der Waals surface area contributed by atoms with Crippen LogP contribution in [0.2, 0.25) is 5.02 Å². The van der Waals surface area contributed by atoms with E-state index in [0.717, 1.165) is 25.0 Å². The summed E-state index contributed by atoms with van der Waals surface area (Å²) < 4.78 is 7.38. The van der Waals surface area contributed by atoms with Crippen LogP contribution in [0, 0.1) is 0 Å². The van der Waals surface area contributed by atoms with Crippen LogP contribution in [0.15, 0.2) is 46.6 Å². The third kappa shape index (κ3) is 3.75. The van der Waals surface area contributed by atoms with E-state index in [1.807, 2.05) is 24.3 Å². The summed E-state index contributed by atoms with van der Waals surface area (Å²) in [6, 6.07) is 7.66. The predicted octanol–water partition coefficient (Wildman–Crippen LogP) is 3.31. The Morgan fingerprint density at radius 1 is 1.23 bits per heavy atom. The van der Waals surface area contributed by atoms with Crippen molar-refractivity contribution in [3.05, 3.63) is 57.6 Å². The highest BCUT2D eigenvalue weighted by molar-refractivity contribution is 7.98. The number of thioether (sulfide) groups is 1. The van der Waals surface area contributed by atoms with Crippen LogP contribution in [0.3, 0.4) is 0 Å². The smallest absolute Gasteiger partial charge is 0.282 e. The molecule has 6 nitrogen and oxygen atoms in total. The Hall–Kier alpha value is -1.96. The van der Waals surface area contributed by atoms with E-state index in [0.29, 0.717) is 33.6 Å². The highest BCUT2D eigenvalue weighted by Gasteiger charge is 2.21. The van der Waals surface area contributed by atoms with Crippen LogP contribution in [-0.2, 0) is 17.0 Å². The molecule has 0 amide bonds. The normalized spacial score (nSPS) is 17.0. The minimum atomic E-state index is -0.169. The molecule has 3 heterocycles. The van der Waals surface area contributed by atoms with Crippen molar-refractivity contribution in [1.82, 2.24) is 19.5 Å². The van der Waals surface area contributed by atoms with Gasteiger partial charge in [0.2, 0.25) is 0 Å². The predicted molar refractivity (Wildman–Crippen MR) is 102 cm³/mol. The van der Waals surface area contributed by atoms with Crippen molar-refractivity contribution in [3.8, 4) is 0 Å². The highest BCUT2D eigenvalue weighted by atomic mass is 35.5. The van der Waals surface area contributed by atoms with Gasteiger partial charge < -0.3 is 4.74 Å². The maximum atomic E-state index is 12.9. The first-order valence-corrected chi connectivity index (χ1v) is 9.77. The quantitative estimate of drug-likeness (QED) is 0.493. The molecule has 1 aliphatic heterocycles. The fourth-order valence-corrected chi connectivity index (χ4v) is 4.00. The van der Waals surface area contributed by atoms with Gasteiger partial charge in [0.1, 0.15) is 0 Å². The first-order valence-electron chi connectivity index (χ1n) is 8.41. The highest BCUT2D eigenvalue weighted by Crippen LogP contribution is 2.24. The molecule has 26 heavy (non-hydrogen) atoms. The molecule has 0 bridgehead atoms. The van der Waals surface area contributed by atoms with Gasteiger partial charge in [-0.2, -0.15) is 0 Å². The Kier molecular flexibility index (Phi) is 5.19. The third-order valence-electron chi connectivity index (χ3n) is 4.25. The lowest BCUT2D eigenvalue weighted by atomic mass is 10.2. The van der Waals surface area contributed by atoms with E-state index in [1.165, 1.54) is 18.0 Å². The summed E-state index contributed by atoms with van der Waals surface area (Å²) in [7, 11) is 0. The molecule has 0 saturated carbocycles. The van der Waals surface area contributed by atoms with E-state index in [4.69, 9.17) is 16.3 Å². The number of nitrogens with zero attached hydrogens (tertiary/aromatic N) is 4. The van der Waals surface area contributed by atoms with Crippen molar-refractivity contribution < 1.29 is 4.74 Å². The maximum absolute atomic E-state index is 12.9. The molecule has 0 spiro atoms. The SMILES string of the molecule is O=c1c2nccnc2nc(SCc2ccc(Cl)cc2)n1C[C@H]1CCCO1. The zero-order valence-electron chi connectivity index (χ0n) is 14.0. The Morgan fingerprint density at radius 2 is 2.04 bits per heavy atom. The van der Waals surface area contributed by atoms with Crippen molar-refractivity contribution in [2.24, 2.45) is 0 Å². The number of hydrogen-bond donors (Lipinski definition) is 0. The summed E-state index contributed by atoms with van der Waals surface area (Å²) in [6.45, 7) is 1.23. The number of ether oxygens (including phenoxy) is 1. The first kappa shape index (κ1) is 17.5. The van der Waals surface area contributed by atoms with Crippen LogP contribution in [0.5, 0.6) is 0 Å². The first-order chi connectivity index (χ1) is 12.7. The fourth-order valence-electron chi connectivity index (χ4n) is 2.92. The van der Waals surface area contributed by atoms with Gasteiger partial charge in [0.25, 0.3) is 5.56 Å². The lowest BCUT2D eigenvalue weighted by Gasteiger charge is -2.15. The van der Waals surface area contributed by atoms with E-state index in [-0.39, 0.29) is 11.7 Å². The molecule has 0 unspecified atom stereocenters. The number of benzene rings is 1. The maximum Gasteiger partial charge on any atom is 0.282 e. The van der Waals surface area contributed by atoms with E-state index in [2.05, 4.69) is 15.0 Å². The molecule has 1 fully saturated rings. The summed E-state index contributed by atoms with van der Waals surface area (Å²) in [4.78, 5) is 25.9. The third-order valence-corrected chi connectivity index (χ3v) is 5.55. The largest absolute Gasteiger partial charge is 0.376 e.